The first-order valence-electron chi connectivity index (χ1n) is 4.13. The second kappa shape index (κ2) is 5.20. The maximum atomic E-state index is 11.4. The fourth-order valence-electron chi connectivity index (χ4n) is 1.13. The Kier molecular flexibility index (Phi) is 4.19. The van der Waals surface area contributed by atoms with Gasteiger partial charge in [-0.2, -0.15) is 0 Å². The average molecular weight is 322 g/mol. The topological polar surface area (TPSA) is 44.8 Å². The zero-order chi connectivity index (χ0) is 11.4. The van der Waals surface area contributed by atoms with E-state index in [1.54, 1.807) is 19.2 Å². The third kappa shape index (κ3) is 2.53. The van der Waals surface area contributed by atoms with E-state index in [9.17, 15) is 4.79 Å². The van der Waals surface area contributed by atoms with Gasteiger partial charge in [-0.3, -0.25) is 0 Å². The highest BCUT2D eigenvalue weighted by atomic mass is 127. The van der Waals surface area contributed by atoms with E-state index in [-0.39, 0.29) is 0 Å². The predicted octanol–water partition coefficient (Wildman–Crippen LogP) is 2.09. The van der Waals surface area contributed by atoms with Crippen LogP contribution in [-0.2, 0) is 4.74 Å². The van der Waals surface area contributed by atoms with Crippen LogP contribution >= 0.6 is 22.6 Å². The van der Waals surface area contributed by atoms with Crippen LogP contribution in [0.25, 0.3) is 0 Å². The minimum Gasteiger partial charge on any atom is -0.496 e. The Bertz CT molecular complexity index is 376. The van der Waals surface area contributed by atoms with Crippen LogP contribution in [-0.4, -0.2) is 27.3 Å². The summed E-state index contributed by atoms with van der Waals surface area (Å²) >= 11 is 2.10. The van der Waals surface area contributed by atoms with Crippen LogP contribution in [0, 0.1) is 3.57 Å². The van der Waals surface area contributed by atoms with Gasteiger partial charge in [0.15, 0.2) is 0 Å². The highest BCUT2D eigenvalue weighted by Crippen LogP contribution is 2.30. The van der Waals surface area contributed by atoms with Crippen molar-refractivity contribution >= 4 is 28.6 Å². The molecule has 1 rings (SSSR count). The lowest BCUT2D eigenvalue weighted by molar-refractivity contribution is 0.0596. The third-order valence-electron chi connectivity index (χ3n) is 1.88. The monoisotopic (exact) mass is 322 g/mol. The Morgan fingerprint density at radius 2 is 1.73 bits per heavy atom. The van der Waals surface area contributed by atoms with E-state index in [1.807, 2.05) is 0 Å². The Hall–Kier alpha value is -0.980. The second-order valence-corrected chi connectivity index (χ2v) is 3.84. The van der Waals surface area contributed by atoms with Gasteiger partial charge in [-0.05, 0) is 34.7 Å². The molecular weight excluding hydrogens is 311 g/mol. The van der Waals surface area contributed by atoms with E-state index in [0.717, 1.165) is 3.57 Å². The van der Waals surface area contributed by atoms with Crippen molar-refractivity contribution in [1.82, 2.24) is 0 Å². The first kappa shape index (κ1) is 12.1. The molecular formula is C10H11IO4. The van der Waals surface area contributed by atoms with Crippen LogP contribution < -0.4 is 9.47 Å². The minimum absolute atomic E-state index is 0.359. The molecule has 0 bridgehead atoms. The molecule has 0 aliphatic carbocycles. The smallest absolute Gasteiger partial charge is 0.341 e. The van der Waals surface area contributed by atoms with E-state index in [4.69, 9.17) is 9.47 Å². The Morgan fingerprint density at radius 3 is 2.20 bits per heavy atom. The van der Waals surface area contributed by atoms with Gasteiger partial charge in [0.1, 0.15) is 17.1 Å². The largest absolute Gasteiger partial charge is 0.496 e. The van der Waals surface area contributed by atoms with E-state index >= 15 is 0 Å². The molecule has 0 saturated heterocycles. The number of rotatable bonds is 3. The number of ether oxygens (including phenoxy) is 3. The van der Waals surface area contributed by atoms with Crippen LogP contribution in [0.1, 0.15) is 10.4 Å². The van der Waals surface area contributed by atoms with Crippen LogP contribution in [0.5, 0.6) is 11.5 Å². The lowest BCUT2D eigenvalue weighted by Crippen LogP contribution is -2.05. The van der Waals surface area contributed by atoms with Crippen molar-refractivity contribution in [3.63, 3.8) is 0 Å². The summed E-state index contributed by atoms with van der Waals surface area (Å²) < 4.78 is 15.7. The maximum absolute atomic E-state index is 11.4. The fraction of sp³-hybridized carbons (Fsp3) is 0.300. The average Bonchev–Trinajstić information content (AvgIpc) is 2.27. The molecule has 5 heteroatoms. The van der Waals surface area contributed by atoms with E-state index in [0.29, 0.717) is 17.1 Å². The van der Waals surface area contributed by atoms with Crippen LogP contribution in [0.4, 0.5) is 0 Å². The van der Waals surface area contributed by atoms with Crippen molar-refractivity contribution in [2.24, 2.45) is 0 Å². The van der Waals surface area contributed by atoms with Crippen molar-refractivity contribution in [3.8, 4) is 11.5 Å². The molecule has 0 unspecified atom stereocenters. The molecule has 0 radical (unpaired) electrons. The van der Waals surface area contributed by atoms with Gasteiger partial charge in [-0.1, -0.05) is 0 Å². The summed E-state index contributed by atoms with van der Waals surface area (Å²) in [6, 6.07) is 3.33. The molecule has 1 aromatic rings. The number of hydrogen-bond donors (Lipinski definition) is 0. The lowest BCUT2D eigenvalue weighted by Gasteiger charge is -2.10. The molecule has 0 aliphatic rings. The van der Waals surface area contributed by atoms with Crippen molar-refractivity contribution in [3.05, 3.63) is 21.3 Å². The number of carbonyl (C=O) groups is 1. The molecule has 1 aromatic carbocycles. The molecule has 0 spiro atoms. The quantitative estimate of drug-likeness (QED) is 0.631. The summed E-state index contributed by atoms with van der Waals surface area (Å²) in [6.45, 7) is 0. The van der Waals surface area contributed by atoms with Crippen molar-refractivity contribution in [2.45, 2.75) is 0 Å². The molecule has 0 fully saturated rings. The molecule has 0 amide bonds. The summed E-state index contributed by atoms with van der Waals surface area (Å²) in [6.07, 6.45) is 0. The summed E-state index contributed by atoms with van der Waals surface area (Å²) in [5, 5.41) is 0. The van der Waals surface area contributed by atoms with Gasteiger partial charge in [-0.25, -0.2) is 4.79 Å². The van der Waals surface area contributed by atoms with Gasteiger partial charge in [0.05, 0.1) is 24.9 Å². The Balaban J connectivity index is 3.28. The summed E-state index contributed by atoms with van der Waals surface area (Å²) in [7, 11) is 4.38. The van der Waals surface area contributed by atoms with Gasteiger partial charge in [0, 0.05) is 0 Å². The highest BCUT2D eigenvalue weighted by molar-refractivity contribution is 14.1. The molecule has 0 saturated carbocycles. The number of esters is 1. The standard InChI is InChI=1S/C10H11IO4/c1-13-8-5-7(11)9(14-2)4-6(8)10(12)15-3/h4-5H,1-3H3. The molecule has 15 heavy (non-hydrogen) atoms. The fourth-order valence-corrected chi connectivity index (χ4v) is 1.79. The van der Waals surface area contributed by atoms with E-state index in [1.165, 1.54) is 14.2 Å². The molecule has 0 heterocycles. The van der Waals surface area contributed by atoms with Crippen LogP contribution in [0.3, 0.4) is 0 Å². The summed E-state index contributed by atoms with van der Waals surface area (Å²) in [5.74, 6) is 0.658. The van der Waals surface area contributed by atoms with Crippen molar-refractivity contribution in [1.29, 1.82) is 0 Å². The van der Waals surface area contributed by atoms with Gasteiger partial charge in [-0.15, -0.1) is 0 Å². The summed E-state index contributed by atoms with van der Waals surface area (Å²) in [5.41, 5.74) is 0.359. The molecule has 82 valence electrons. The number of carbonyl (C=O) groups excluding carboxylic acids is 1. The zero-order valence-electron chi connectivity index (χ0n) is 8.67. The lowest BCUT2D eigenvalue weighted by atomic mass is 10.2. The first-order valence-corrected chi connectivity index (χ1v) is 5.21. The van der Waals surface area contributed by atoms with Crippen LogP contribution in [0.2, 0.25) is 0 Å². The molecule has 0 N–H and O–H groups in total. The van der Waals surface area contributed by atoms with Gasteiger partial charge in [0.25, 0.3) is 0 Å². The minimum atomic E-state index is -0.443. The van der Waals surface area contributed by atoms with Crippen LogP contribution in [0.15, 0.2) is 12.1 Å². The number of halogens is 1. The second-order valence-electron chi connectivity index (χ2n) is 2.68. The molecule has 0 atom stereocenters. The Morgan fingerprint density at radius 1 is 1.13 bits per heavy atom. The normalized spacial score (nSPS) is 9.60. The third-order valence-corrected chi connectivity index (χ3v) is 2.72. The van der Waals surface area contributed by atoms with Gasteiger partial charge >= 0.3 is 5.97 Å². The number of hydrogen-bond acceptors (Lipinski definition) is 4. The number of methoxy groups -OCH3 is 3. The SMILES string of the molecule is COC(=O)c1cc(OC)c(I)cc1OC. The van der Waals surface area contributed by atoms with E-state index in [2.05, 4.69) is 27.3 Å². The van der Waals surface area contributed by atoms with Gasteiger partial charge in [0.2, 0.25) is 0 Å². The summed E-state index contributed by atoms with van der Waals surface area (Å²) in [4.78, 5) is 11.4. The van der Waals surface area contributed by atoms with Gasteiger partial charge < -0.3 is 14.2 Å². The van der Waals surface area contributed by atoms with Crippen molar-refractivity contribution < 1.29 is 19.0 Å². The first-order chi connectivity index (χ1) is 7.13. The van der Waals surface area contributed by atoms with E-state index < -0.39 is 5.97 Å². The van der Waals surface area contributed by atoms with Crippen molar-refractivity contribution in [2.75, 3.05) is 21.3 Å². The maximum Gasteiger partial charge on any atom is 0.341 e. The number of benzene rings is 1. The molecule has 4 nitrogen and oxygen atoms in total. The zero-order valence-corrected chi connectivity index (χ0v) is 10.8. The predicted molar refractivity (Wildman–Crippen MR) is 63.6 cm³/mol. The Labute approximate surface area is 102 Å². The molecule has 0 aromatic heterocycles. The molecule has 0 aliphatic heterocycles. The highest BCUT2D eigenvalue weighted by Gasteiger charge is 2.16.